The van der Waals surface area contributed by atoms with Crippen LogP contribution in [0.1, 0.15) is 20.3 Å². The molecule has 0 heterocycles. The van der Waals surface area contributed by atoms with E-state index in [1.54, 1.807) is 13.8 Å². The second-order valence-corrected chi connectivity index (χ2v) is 2.75. The third-order valence-electron chi connectivity index (χ3n) is 1.74. The Balaban J connectivity index is 4.80. The van der Waals surface area contributed by atoms with Gasteiger partial charge in [-0.05, 0) is 6.92 Å². The van der Waals surface area contributed by atoms with Crippen LogP contribution in [-0.2, 0) is 19.2 Å². The first-order valence-electron chi connectivity index (χ1n) is 4.76. The fraction of sp³-hybridized carbons (Fsp3) is 0.600. The Hall–Kier alpha value is -1.36. The minimum atomic E-state index is -0.566. The van der Waals surface area contributed by atoms with Crippen LogP contribution >= 0.6 is 0 Å². The van der Waals surface area contributed by atoms with Gasteiger partial charge in [-0.1, -0.05) is 6.92 Å². The topological polar surface area (TPSA) is 55.8 Å². The van der Waals surface area contributed by atoms with Crippen molar-refractivity contribution in [3.05, 3.63) is 11.8 Å². The van der Waals surface area contributed by atoms with Crippen molar-refractivity contribution in [2.24, 2.45) is 0 Å². The Morgan fingerprint density at radius 2 is 1.93 bits per heavy atom. The first-order valence-corrected chi connectivity index (χ1v) is 4.76. The van der Waals surface area contributed by atoms with Gasteiger partial charge in [-0.3, -0.25) is 14.7 Å². The molecule has 0 amide bonds. The van der Waals surface area contributed by atoms with Gasteiger partial charge >= 0.3 is 5.97 Å². The summed E-state index contributed by atoms with van der Waals surface area (Å²) in [4.78, 5) is 27.5. The number of hydrogen-bond acceptors (Lipinski definition) is 5. The van der Waals surface area contributed by atoms with Crippen LogP contribution in [0, 0.1) is 0 Å². The predicted octanol–water partition coefficient (Wildman–Crippen LogP) is 0.906. The molecule has 0 atom stereocenters. The third kappa shape index (κ3) is 4.60. The van der Waals surface area contributed by atoms with Gasteiger partial charge < -0.3 is 4.74 Å². The van der Waals surface area contributed by atoms with Gasteiger partial charge in [-0.2, -0.15) is 0 Å². The van der Waals surface area contributed by atoms with Crippen LogP contribution in [-0.4, -0.2) is 37.6 Å². The van der Waals surface area contributed by atoms with Crippen LogP contribution in [0.2, 0.25) is 0 Å². The molecular weight excluding hydrogens is 198 g/mol. The number of carbonyl (C=O) groups excluding carboxylic acids is 2. The molecule has 5 heteroatoms. The number of ketones is 1. The lowest BCUT2D eigenvalue weighted by atomic mass is 10.2. The van der Waals surface area contributed by atoms with Crippen molar-refractivity contribution in [1.29, 1.82) is 0 Å². The number of esters is 1. The molecule has 0 spiro atoms. The summed E-state index contributed by atoms with van der Waals surface area (Å²) < 4.78 is 4.79. The Morgan fingerprint density at radius 3 is 2.33 bits per heavy atom. The van der Waals surface area contributed by atoms with Crippen molar-refractivity contribution in [3.63, 3.8) is 0 Å². The molecule has 0 aromatic heterocycles. The van der Waals surface area contributed by atoms with E-state index in [0.717, 1.165) is 0 Å². The lowest BCUT2D eigenvalue weighted by Gasteiger charge is -2.17. The maximum atomic E-state index is 11.4. The van der Waals surface area contributed by atoms with Crippen LogP contribution < -0.4 is 0 Å². The highest BCUT2D eigenvalue weighted by atomic mass is 16.7. The number of carbonyl (C=O) groups is 2. The van der Waals surface area contributed by atoms with E-state index in [9.17, 15) is 9.59 Å². The molecule has 0 aromatic rings. The smallest absolute Gasteiger partial charge is 0.357 e. The number of nitrogens with zero attached hydrogens (tertiary/aromatic N) is 1. The van der Waals surface area contributed by atoms with Crippen molar-refractivity contribution in [1.82, 2.24) is 5.06 Å². The van der Waals surface area contributed by atoms with E-state index in [2.05, 4.69) is 0 Å². The van der Waals surface area contributed by atoms with Crippen LogP contribution in [0.15, 0.2) is 11.8 Å². The molecule has 0 rings (SSSR count). The molecule has 0 saturated heterocycles. The molecule has 86 valence electrons. The van der Waals surface area contributed by atoms with Crippen molar-refractivity contribution < 1.29 is 19.2 Å². The third-order valence-corrected chi connectivity index (χ3v) is 1.74. The van der Waals surface area contributed by atoms with E-state index in [1.165, 1.54) is 25.3 Å². The van der Waals surface area contributed by atoms with Crippen molar-refractivity contribution in [3.8, 4) is 0 Å². The zero-order valence-corrected chi connectivity index (χ0v) is 9.57. The molecule has 5 nitrogen and oxygen atoms in total. The first kappa shape index (κ1) is 13.6. The van der Waals surface area contributed by atoms with Crippen molar-refractivity contribution in [2.45, 2.75) is 20.3 Å². The predicted molar refractivity (Wildman–Crippen MR) is 54.8 cm³/mol. The first-order chi connectivity index (χ1) is 7.06. The number of ether oxygens (including phenoxy) is 1. The van der Waals surface area contributed by atoms with Crippen molar-refractivity contribution >= 4 is 11.8 Å². The largest absolute Gasteiger partial charge is 0.461 e. The van der Waals surface area contributed by atoms with Crippen LogP contribution in [0.3, 0.4) is 0 Å². The molecule has 15 heavy (non-hydrogen) atoms. The Bertz CT molecular complexity index is 260. The highest BCUT2D eigenvalue weighted by molar-refractivity contribution is 5.98. The Kier molecular flexibility index (Phi) is 6.37. The van der Waals surface area contributed by atoms with Gasteiger partial charge in [0.15, 0.2) is 11.5 Å². The molecule has 0 fully saturated rings. The van der Waals surface area contributed by atoms with Crippen LogP contribution in [0.25, 0.3) is 0 Å². The lowest BCUT2D eigenvalue weighted by Crippen LogP contribution is -2.25. The van der Waals surface area contributed by atoms with E-state index in [1.807, 2.05) is 0 Å². The standard InChI is InChI=1S/C10H17NO4/c1-5-8(12)7-9(11(3)14-4)10(13)15-6-2/h7H,5-6H2,1-4H3/b9-7-. The van der Waals surface area contributed by atoms with Crippen LogP contribution in [0.5, 0.6) is 0 Å². The SMILES string of the molecule is CCOC(=O)/C(=C/C(=O)CC)N(C)OC. The van der Waals surface area contributed by atoms with Gasteiger partial charge in [0.05, 0.1) is 13.7 Å². The number of likely N-dealkylation sites (N-methyl/N-ethyl adjacent to an activating group) is 1. The molecule has 0 aromatic carbocycles. The average Bonchev–Trinajstić information content (AvgIpc) is 2.24. The molecule has 0 bridgehead atoms. The van der Waals surface area contributed by atoms with Gasteiger partial charge in [0.25, 0.3) is 0 Å². The normalized spacial score (nSPS) is 11.1. The van der Waals surface area contributed by atoms with Gasteiger partial charge in [-0.25, -0.2) is 4.79 Å². The van der Waals surface area contributed by atoms with E-state index >= 15 is 0 Å². The van der Waals surface area contributed by atoms with Gasteiger partial charge in [0, 0.05) is 19.5 Å². The second kappa shape index (κ2) is 7.00. The number of hydrogen-bond donors (Lipinski definition) is 0. The molecule has 0 saturated carbocycles. The highest BCUT2D eigenvalue weighted by Crippen LogP contribution is 2.05. The minimum absolute atomic E-state index is 0.103. The summed E-state index contributed by atoms with van der Waals surface area (Å²) in [6.45, 7) is 3.67. The Labute approximate surface area is 89.6 Å². The maximum Gasteiger partial charge on any atom is 0.357 e. The Morgan fingerprint density at radius 1 is 1.33 bits per heavy atom. The summed E-state index contributed by atoms with van der Waals surface area (Å²) in [5, 5.41) is 1.20. The van der Waals surface area contributed by atoms with E-state index in [0.29, 0.717) is 6.42 Å². The second-order valence-electron chi connectivity index (χ2n) is 2.75. The fourth-order valence-corrected chi connectivity index (χ4v) is 0.836. The quantitative estimate of drug-likeness (QED) is 0.374. The molecule has 0 aliphatic rings. The summed E-state index contributed by atoms with van der Waals surface area (Å²) in [7, 11) is 2.94. The van der Waals surface area contributed by atoms with Gasteiger partial charge in [0.1, 0.15) is 0 Å². The highest BCUT2D eigenvalue weighted by Gasteiger charge is 2.16. The number of hydroxylamine groups is 2. The van der Waals surface area contributed by atoms with Gasteiger partial charge in [-0.15, -0.1) is 0 Å². The summed E-state index contributed by atoms with van der Waals surface area (Å²) in [5.74, 6) is -0.717. The molecule has 0 aliphatic heterocycles. The van der Waals surface area contributed by atoms with Crippen LogP contribution in [0.4, 0.5) is 0 Å². The average molecular weight is 215 g/mol. The molecule has 0 unspecified atom stereocenters. The molecule has 0 N–H and O–H groups in total. The summed E-state index contributed by atoms with van der Waals surface area (Å²) in [6, 6.07) is 0. The molecule has 0 radical (unpaired) electrons. The van der Waals surface area contributed by atoms with E-state index in [-0.39, 0.29) is 18.1 Å². The van der Waals surface area contributed by atoms with Crippen molar-refractivity contribution in [2.75, 3.05) is 20.8 Å². The number of rotatable bonds is 6. The molecular formula is C10H17NO4. The summed E-state index contributed by atoms with van der Waals surface area (Å²) >= 11 is 0. The number of allylic oxidation sites excluding steroid dienone is 1. The minimum Gasteiger partial charge on any atom is -0.461 e. The summed E-state index contributed by atoms with van der Waals surface area (Å²) in [6.07, 6.45) is 1.56. The summed E-state index contributed by atoms with van der Waals surface area (Å²) in [5.41, 5.74) is 0.103. The van der Waals surface area contributed by atoms with E-state index in [4.69, 9.17) is 9.57 Å². The van der Waals surface area contributed by atoms with E-state index < -0.39 is 5.97 Å². The zero-order chi connectivity index (χ0) is 11.8. The fourth-order valence-electron chi connectivity index (χ4n) is 0.836. The lowest BCUT2D eigenvalue weighted by molar-refractivity contribution is -0.150. The zero-order valence-electron chi connectivity index (χ0n) is 9.57. The monoisotopic (exact) mass is 215 g/mol. The molecule has 0 aliphatic carbocycles. The van der Waals surface area contributed by atoms with Gasteiger partial charge in [0.2, 0.25) is 0 Å². The maximum absolute atomic E-state index is 11.4.